The summed E-state index contributed by atoms with van der Waals surface area (Å²) < 4.78 is 5.24. The lowest BCUT2D eigenvalue weighted by atomic mass is 10.2. The molecule has 2 aromatic rings. The second-order valence-electron chi connectivity index (χ2n) is 4.98. The maximum atomic E-state index is 5.24. The van der Waals surface area contributed by atoms with Gasteiger partial charge in [-0.2, -0.15) is 5.10 Å². The van der Waals surface area contributed by atoms with Gasteiger partial charge in [0.25, 0.3) is 0 Å². The quantitative estimate of drug-likeness (QED) is 0.799. The molecule has 0 N–H and O–H groups in total. The van der Waals surface area contributed by atoms with Crippen molar-refractivity contribution in [1.29, 1.82) is 0 Å². The van der Waals surface area contributed by atoms with Gasteiger partial charge in [-0.25, -0.2) is 0 Å². The first-order valence-corrected chi connectivity index (χ1v) is 6.99. The minimum absolute atomic E-state index is 0.803. The van der Waals surface area contributed by atoms with Gasteiger partial charge in [-0.3, -0.25) is 9.91 Å². The van der Waals surface area contributed by atoms with E-state index >= 15 is 0 Å². The zero-order valence-electron chi connectivity index (χ0n) is 11.5. The van der Waals surface area contributed by atoms with Crippen LogP contribution in [0.25, 0.3) is 0 Å². The summed E-state index contributed by atoms with van der Waals surface area (Å²) in [6, 6.07) is 14.4. The molecule has 0 amide bonds. The molecule has 1 aliphatic rings. The van der Waals surface area contributed by atoms with Gasteiger partial charge in [-0.1, -0.05) is 30.3 Å². The Balaban J connectivity index is 1.47. The summed E-state index contributed by atoms with van der Waals surface area (Å²) in [5, 5.41) is 6.56. The normalized spacial score (nSPS) is 16.9. The molecule has 0 atom stereocenters. The van der Waals surface area contributed by atoms with Crippen LogP contribution in [0.4, 0.5) is 0 Å². The summed E-state index contributed by atoms with van der Waals surface area (Å²) in [4.78, 5) is 2.47. The molecule has 0 bridgehead atoms. The fourth-order valence-electron chi connectivity index (χ4n) is 2.36. The van der Waals surface area contributed by atoms with Crippen molar-refractivity contribution in [3.05, 3.63) is 60.1 Å². The van der Waals surface area contributed by atoms with Crippen molar-refractivity contribution in [2.24, 2.45) is 5.10 Å². The molecule has 0 saturated carbocycles. The standard InChI is InChI=1S/C16H19N3O/c1-2-5-15(6-3-1)14-18-8-10-19(11-9-18)17-13-16-7-4-12-20-16/h1-7,12-13H,8-11,14H2/b17-13-. The Morgan fingerprint density at radius 3 is 2.50 bits per heavy atom. The van der Waals surface area contributed by atoms with E-state index in [1.807, 2.05) is 12.1 Å². The molecule has 0 aliphatic carbocycles. The van der Waals surface area contributed by atoms with Gasteiger partial charge in [0.1, 0.15) is 5.76 Å². The third kappa shape index (κ3) is 3.48. The molecular formula is C16H19N3O. The molecule has 0 unspecified atom stereocenters. The molecule has 1 fully saturated rings. The maximum absolute atomic E-state index is 5.24. The molecule has 0 spiro atoms. The Morgan fingerprint density at radius 1 is 1.00 bits per heavy atom. The Bertz CT molecular complexity index is 528. The number of rotatable bonds is 4. The predicted molar refractivity (Wildman–Crippen MR) is 79.6 cm³/mol. The minimum Gasteiger partial charge on any atom is -0.463 e. The molecule has 3 rings (SSSR count). The highest BCUT2D eigenvalue weighted by Crippen LogP contribution is 2.08. The number of nitrogens with zero attached hydrogens (tertiary/aromatic N) is 3. The van der Waals surface area contributed by atoms with Gasteiger partial charge in [0, 0.05) is 32.7 Å². The van der Waals surface area contributed by atoms with Crippen molar-refractivity contribution in [3.8, 4) is 0 Å². The van der Waals surface area contributed by atoms with Crippen LogP contribution in [0.1, 0.15) is 11.3 Å². The number of benzene rings is 1. The monoisotopic (exact) mass is 269 g/mol. The van der Waals surface area contributed by atoms with Gasteiger partial charge < -0.3 is 4.42 Å². The molecule has 1 aliphatic heterocycles. The number of hydrogen-bond donors (Lipinski definition) is 0. The molecule has 4 heteroatoms. The van der Waals surface area contributed by atoms with Crippen LogP contribution < -0.4 is 0 Å². The van der Waals surface area contributed by atoms with Crippen LogP contribution in [0, 0.1) is 0 Å². The lowest BCUT2D eigenvalue weighted by molar-refractivity contribution is 0.131. The molecule has 1 saturated heterocycles. The first-order valence-electron chi connectivity index (χ1n) is 6.99. The molecule has 2 heterocycles. The molecule has 1 aromatic carbocycles. The molecule has 20 heavy (non-hydrogen) atoms. The van der Waals surface area contributed by atoms with E-state index in [0.29, 0.717) is 0 Å². The van der Waals surface area contributed by atoms with Gasteiger partial charge in [-0.05, 0) is 17.7 Å². The fraction of sp³-hybridized carbons (Fsp3) is 0.312. The first-order chi connectivity index (χ1) is 9.90. The van der Waals surface area contributed by atoms with E-state index in [2.05, 4.69) is 45.3 Å². The number of hydrogen-bond acceptors (Lipinski definition) is 4. The smallest absolute Gasteiger partial charge is 0.146 e. The Morgan fingerprint density at radius 2 is 1.80 bits per heavy atom. The van der Waals surface area contributed by atoms with E-state index in [9.17, 15) is 0 Å². The lowest BCUT2D eigenvalue weighted by Gasteiger charge is -2.32. The Kier molecular flexibility index (Phi) is 4.13. The first kappa shape index (κ1) is 12.9. The van der Waals surface area contributed by atoms with E-state index in [-0.39, 0.29) is 0 Å². The predicted octanol–water partition coefficient (Wildman–Crippen LogP) is 2.43. The zero-order valence-corrected chi connectivity index (χ0v) is 11.5. The molecule has 0 radical (unpaired) electrons. The van der Waals surface area contributed by atoms with Crippen LogP contribution in [-0.2, 0) is 6.54 Å². The van der Waals surface area contributed by atoms with Crippen LogP contribution in [0.3, 0.4) is 0 Å². The summed E-state index contributed by atoms with van der Waals surface area (Å²) in [6.45, 7) is 5.04. The summed E-state index contributed by atoms with van der Waals surface area (Å²) in [6.07, 6.45) is 3.45. The maximum Gasteiger partial charge on any atom is 0.146 e. The topological polar surface area (TPSA) is 32.0 Å². The average Bonchev–Trinajstić information content (AvgIpc) is 3.01. The van der Waals surface area contributed by atoms with Gasteiger partial charge in [0.05, 0.1) is 12.5 Å². The molecule has 104 valence electrons. The third-order valence-electron chi connectivity index (χ3n) is 3.49. The third-order valence-corrected chi connectivity index (χ3v) is 3.49. The number of furan rings is 1. The van der Waals surface area contributed by atoms with Crippen LogP contribution in [0.15, 0.2) is 58.2 Å². The van der Waals surface area contributed by atoms with Crippen LogP contribution in [-0.4, -0.2) is 42.3 Å². The van der Waals surface area contributed by atoms with E-state index in [0.717, 1.165) is 38.5 Å². The average molecular weight is 269 g/mol. The highest BCUT2D eigenvalue weighted by molar-refractivity contribution is 5.75. The Hall–Kier alpha value is -2.07. The Labute approximate surface area is 119 Å². The minimum atomic E-state index is 0.803. The van der Waals surface area contributed by atoms with Gasteiger partial charge in [-0.15, -0.1) is 0 Å². The second-order valence-corrected chi connectivity index (χ2v) is 4.98. The van der Waals surface area contributed by atoms with Crippen LogP contribution in [0.2, 0.25) is 0 Å². The van der Waals surface area contributed by atoms with E-state index in [1.54, 1.807) is 12.5 Å². The van der Waals surface area contributed by atoms with Crippen molar-refractivity contribution in [2.75, 3.05) is 26.2 Å². The summed E-state index contributed by atoms with van der Waals surface area (Å²) in [7, 11) is 0. The summed E-state index contributed by atoms with van der Waals surface area (Å²) >= 11 is 0. The molecule has 1 aromatic heterocycles. The number of piperazine rings is 1. The van der Waals surface area contributed by atoms with Gasteiger partial charge >= 0.3 is 0 Å². The van der Waals surface area contributed by atoms with Crippen LogP contribution in [0.5, 0.6) is 0 Å². The zero-order chi connectivity index (χ0) is 13.6. The van der Waals surface area contributed by atoms with E-state index in [1.165, 1.54) is 5.56 Å². The van der Waals surface area contributed by atoms with Gasteiger partial charge in [0.15, 0.2) is 0 Å². The van der Waals surface area contributed by atoms with Gasteiger partial charge in [0.2, 0.25) is 0 Å². The molecule has 4 nitrogen and oxygen atoms in total. The van der Waals surface area contributed by atoms with Crippen LogP contribution >= 0.6 is 0 Å². The van der Waals surface area contributed by atoms with Crippen molar-refractivity contribution in [3.63, 3.8) is 0 Å². The van der Waals surface area contributed by atoms with Crippen molar-refractivity contribution in [1.82, 2.24) is 9.91 Å². The fourth-order valence-corrected chi connectivity index (χ4v) is 2.36. The highest BCUT2D eigenvalue weighted by atomic mass is 16.3. The lowest BCUT2D eigenvalue weighted by Crippen LogP contribution is -2.43. The van der Waals surface area contributed by atoms with Crippen molar-refractivity contribution in [2.45, 2.75) is 6.54 Å². The van der Waals surface area contributed by atoms with E-state index in [4.69, 9.17) is 4.42 Å². The summed E-state index contributed by atoms with van der Waals surface area (Å²) in [5.41, 5.74) is 1.38. The molecular weight excluding hydrogens is 250 g/mol. The second kappa shape index (κ2) is 6.39. The SMILES string of the molecule is C(=N/N1CCN(Cc2ccccc2)CC1)/c1ccco1. The number of hydrazone groups is 1. The highest BCUT2D eigenvalue weighted by Gasteiger charge is 2.15. The van der Waals surface area contributed by atoms with Crippen molar-refractivity contribution >= 4 is 6.21 Å². The largest absolute Gasteiger partial charge is 0.463 e. The van der Waals surface area contributed by atoms with E-state index < -0.39 is 0 Å². The summed E-state index contributed by atoms with van der Waals surface area (Å²) in [5.74, 6) is 0.803. The van der Waals surface area contributed by atoms with Crippen molar-refractivity contribution < 1.29 is 4.42 Å².